The number of nitrogens with zero attached hydrogens (tertiary/aromatic N) is 1. The molecule has 0 spiro atoms. The van der Waals surface area contributed by atoms with Crippen LogP contribution in [0.4, 0.5) is 13.6 Å². The number of hydrogen-bond acceptors (Lipinski definition) is 3. The predicted molar refractivity (Wildman–Crippen MR) is 121 cm³/mol. The molecule has 7 heteroatoms. The number of aliphatic carboxylic acids is 1. The average Bonchev–Trinajstić information content (AvgIpc) is 3.41. The molecule has 1 aliphatic heterocycles. The van der Waals surface area contributed by atoms with E-state index < -0.39 is 29.2 Å². The van der Waals surface area contributed by atoms with Crippen LogP contribution in [0.5, 0.6) is 0 Å². The molecule has 0 saturated carbocycles. The number of halogens is 2. The standard InChI is InChI=1S/C27H23F2NO4/c28-23-12-5-7-17(24(23)29)15-27(25(31)32)13-6-14-30(27)26(33)34-16-22-20-10-3-1-8-18(20)19-9-2-4-11-21(19)22/h1-5,7-12,22H,6,13-16H2,(H,31,32)/t27-/m0/s1. The number of amides is 1. The Hall–Kier alpha value is -3.74. The van der Waals surface area contributed by atoms with Gasteiger partial charge in [-0.15, -0.1) is 0 Å². The Morgan fingerprint density at radius 3 is 2.26 bits per heavy atom. The number of carboxylic acids is 1. The van der Waals surface area contributed by atoms with Crippen molar-refractivity contribution in [3.05, 3.63) is 95.1 Å². The van der Waals surface area contributed by atoms with Gasteiger partial charge in [0, 0.05) is 18.9 Å². The summed E-state index contributed by atoms with van der Waals surface area (Å²) in [5, 5.41) is 10.1. The largest absolute Gasteiger partial charge is 0.479 e. The van der Waals surface area contributed by atoms with Gasteiger partial charge >= 0.3 is 12.1 Å². The zero-order chi connectivity index (χ0) is 23.9. The molecule has 1 fully saturated rings. The van der Waals surface area contributed by atoms with Crippen LogP contribution < -0.4 is 0 Å². The van der Waals surface area contributed by atoms with Gasteiger partial charge in [-0.1, -0.05) is 60.7 Å². The number of hydrogen-bond donors (Lipinski definition) is 1. The van der Waals surface area contributed by atoms with Gasteiger partial charge in [-0.3, -0.25) is 4.90 Å². The highest BCUT2D eigenvalue weighted by molar-refractivity contribution is 5.86. The van der Waals surface area contributed by atoms with Crippen molar-refractivity contribution in [2.45, 2.75) is 30.7 Å². The Morgan fingerprint density at radius 2 is 1.62 bits per heavy atom. The molecule has 1 heterocycles. The van der Waals surface area contributed by atoms with Crippen molar-refractivity contribution in [2.24, 2.45) is 0 Å². The van der Waals surface area contributed by atoms with Crippen molar-refractivity contribution in [3.63, 3.8) is 0 Å². The Balaban J connectivity index is 1.39. The molecular weight excluding hydrogens is 440 g/mol. The highest BCUT2D eigenvalue weighted by Crippen LogP contribution is 2.45. The van der Waals surface area contributed by atoms with Gasteiger partial charge in [-0.05, 0) is 46.7 Å². The normalized spacial score (nSPS) is 19.1. The summed E-state index contributed by atoms with van der Waals surface area (Å²) < 4.78 is 33.8. The lowest BCUT2D eigenvalue weighted by atomic mass is 9.88. The third kappa shape index (κ3) is 3.52. The number of fused-ring (bicyclic) bond motifs is 3. The first kappa shape index (κ1) is 22.1. The van der Waals surface area contributed by atoms with Crippen molar-refractivity contribution >= 4 is 12.1 Å². The van der Waals surface area contributed by atoms with Crippen LogP contribution in [0.15, 0.2) is 66.7 Å². The molecule has 1 amide bonds. The minimum Gasteiger partial charge on any atom is -0.479 e. The van der Waals surface area contributed by atoms with Crippen LogP contribution in [-0.4, -0.2) is 40.8 Å². The molecule has 0 bridgehead atoms. The van der Waals surface area contributed by atoms with E-state index in [9.17, 15) is 23.5 Å². The summed E-state index contributed by atoms with van der Waals surface area (Å²) in [6.45, 7) is 0.216. The second-order valence-electron chi connectivity index (χ2n) is 8.79. The van der Waals surface area contributed by atoms with Crippen LogP contribution in [-0.2, 0) is 16.0 Å². The highest BCUT2D eigenvalue weighted by Gasteiger charge is 2.51. The molecule has 2 aliphatic rings. The molecule has 0 radical (unpaired) electrons. The van der Waals surface area contributed by atoms with Crippen molar-refractivity contribution in [2.75, 3.05) is 13.2 Å². The first-order chi connectivity index (χ1) is 16.4. The lowest BCUT2D eigenvalue weighted by Crippen LogP contribution is -2.55. The maximum atomic E-state index is 14.3. The molecule has 1 aliphatic carbocycles. The van der Waals surface area contributed by atoms with E-state index in [1.54, 1.807) is 0 Å². The Labute approximate surface area is 195 Å². The fourth-order valence-electron chi connectivity index (χ4n) is 5.30. The fraction of sp³-hybridized carbons (Fsp3) is 0.259. The second-order valence-corrected chi connectivity index (χ2v) is 8.79. The van der Waals surface area contributed by atoms with Gasteiger partial charge in [0.1, 0.15) is 12.1 Å². The van der Waals surface area contributed by atoms with Crippen LogP contribution in [0, 0.1) is 11.6 Å². The second kappa shape index (κ2) is 8.56. The lowest BCUT2D eigenvalue weighted by molar-refractivity contribution is -0.148. The van der Waals surface area contributed by atoms with E-state index in [1.807, 2.05) is 48.5 Å². The lowest BCUT2D eigenvalue weighted by Gasteiger charge is -2.34. The smallest absolute Gasteiger partial charge is 0.410 e. The minimum absolute atomic E-state index is 0.0490. The van der Waals surface area contributed by atoms with Gasteiger partial charge in [-0.25, -0.2) is 18.4 Å². The summed E-state index contributed by atoms with van der Waals surface area (Å²) >= 11 is 0. The Kier molecular flexibility index (Phi) is 5.55. The monoisotopic (exact) mass is 463 g/mol. The first-order valence-electron chi connectivity index (χ1n) is 11.2. The van der Waals surface area contributed by atoms with Crippen LogP contribution in [0.3, 0.4) is 0 Å². The molecular formula is C27H23F2NO4. The average molecular weight is 463 g/mol. The number of rotatable bonds is 5. The molecule has 174 valence electrons. The van der Waals surface area contributed by atoms with Gasteiger partial charge in [0.2, 0.25) is 0 Å². The number of carbonyl (C=O) groups is 2. The molecule has 3 aromatic rings. The van der Waals surface area contributed by atoms with Crippen LogP contribution in [0.1, 0.15) is 35.4 Å². The highest BCUT2D eigenvalue weighted by atomic mass is 19.2. The summed E-state index contributed by atoms with van der Waals surface area (Å²) in [4.78, 5) is 26.7. The van der Waals surface area contributed by atoms with Crippen LogP contribution in [0.2, 0.25) is 0 Å². The summed E-state index contributed by atoms with van der Waals surface area (Å²) in [6, 6.07) is 19.5. The molecule has 1 atom stereocenters. The summed E-state index contributed by atoms with van der Waals surface area (Å²) in [5.41, 5.74) is 2.48. The molecule has 5 nitrogen and oxygen atoms in total. The fourth-order valence-corrected chi connectivity index (χ4v) is 5.30. The zero-order valence-electron chi connectivity index (χ0n) is 18.3. The molecule has 3 aromatic carbocycles. The van der Waals surface area contributed by atoms with Gasteiger partial charge in [0.25, 0.3) is 0 Å². The third-order valence-electron chi connectivity index (χ3n) is 6.96. The number of likely N-dealkylation sites (tertiary alicyclic amines) is 1. The van der Waals surface area contributed by atoms with E-state index in [-0.39, 0.29) is 37.5 Å². The van der Waals surface area contributed by atoms with E-state index >= 15 is 0 Å². The molecule has 0 unspecified atom stereocenters. The van der Waals surface area contributed by atoms with Gasteiger partial charge in [0.05, 0.1) is 0 Å². The Bertz CT molecular complexity index is 1230. The van der Waals surface area contributed by atoms with E-state index in [0.717, 1.165) is 33.2 Å². The van der Waals surface area contributed by atoms with Crippen molar-refractivity contribution in [1.29, 1.82) is 0 Å². The maximum absolute atomic E-state index is 14.3. The minimum atomic E-state index is -1.70. The van der Waals surface area contributed by atoms with Gasteiger partial charge in [0.15, 0.2) is 11.6 Å². The number of benzene rings is 3. The van der Waals surface area contributed by atoms with Gasteiger partial charge < -0.3 is 9.84 Å². The zero-order valence-corrected chi connectivity index (χ0v) is 18.3. The van der Waals surface area contributed by atoms with E-state index in [1.165, 1.54) is 12.1 Å². The van der Waals surface area contributed by atoms with Crippen LogP contribution >= 0.6 is 0 Å². The quantitative estimate of drug-likeness (QED) is 0.552. The van der Waals surface area contributed by atoms with Crippen molar-refractivity contribution in [3.8, 4) is 11.1 Å². The van der Waals surface area contributed by atoms with E-state index in [0.29, 0.717) is 6.42 Å². The first-order valence-corrected chi connectivity index (χ1v) is 11.2. The Morgan fingerprint density at radius 1 is 0.971 bits per heavy atom. The van der Waals surface area contributed by atoms with E-state index in [4.69, 9.17) is 4.74 Å². The summed E-state index contributed by atoms with van der Waals surface area (Å²) in [5.74, 6) is -3.58. The molecule has 34 heavy (non-hydrogen) atoms. The number of ether oxygens (including phenoxy) is 1. The predicted octanol–water partition coefficient (Wildman–Crippen LogP) is 5.38. The summed E-state index contributed by atoms with van der Waals surface area (Å²) in [7, 11) is 0. The maximum Gasteiger partial charge on any atom is 0.410 e. The van der Waals surface area contributed by atoms with Crippen molar-refractivity contribution < 1.29 is 28.2 Å². The van der Waals surface area contributed by atoms with E-state index in [2.05, 4.69) is 0 Å². The molecule has 1 N–H and O–H groups in total. The van der Waals surface area contributed by atoms with Gasteiger partial charge in [-0.2, -0.15) is 0 Å². The summed E-state index contributed by atoms with van der Waals surface area (Å²) in [6.07, 6.45) is -0.551. The number of carboxylic acid groups (broad SMARTS) is 1. The van der Waals surface area contributed by atoms with Crippen LogP contribution in [0.25, 0.3) is 11.1 Å². The number of carbonyl (C=O) groups excluding carboxylic acids is 1. The van der Waals surface area contributed by atoms with Crippen molar-refractivity contribution in [1.82, 2.24) is 4.90 Å². The molecule has 1 saturated heterocycles. The molecule has 0 aromatic heterocycles. The molecule has 5 rings (SSSR count). The topological polar surface area (TPSA) is 66.8 Å². The SMILES string of the molecule is O=C(OCC1c2ccccc2-c2ccccc21)N1CCC[C@]1(Cc1cccc(F)c1F)C(=O)O. The third-order valence-corrected chi connectivity index (χ3v) is 6.96.